The van der Waals surface area contributed by atoms with Gasteiger partial charge in [0.25, 0.3) is 5.89 Å². The largest absolute Gasteiger partial charge is 0.419 e. The number of hydrogen-bond acceptors (Lipinski definition) is 4. The lowest BCUT2D eigenvalue weighted by atomic mass is 10.2. The fourth-order valence-corrected chi connectivity index (χ4v) is 2.20. The van der Waals surface area contributed by atoms with Gasteiger partial charge in [-0.25, -0.2) is 0 Å². The monoisotopic (exact) mass is 266 g/mol. The number of nitriles is 1. The molecule has 0 N–H and O–H groups in total. The minimum Gasteiger partial charge on any atom is -0.419 e. The van der Waals surface area contributed by atoms with Gasteiger partial charge in [-0.1, -0.05) is 32.0 Å². The summed E-state index contributed by atoms with van der Waals surface area (Å²) in [4.78, 5) is 0. The van der Waals surface area contributed by atoms with Crippen molar-refractivity contribution >= 4 is 10.9 Å². The summed E-state index contributed by atoms with van der Waals surface area (Å²) in [6.45, 7) is 4.26. The second kappa shape index (κ2) is 4.82. The molecule has 0 unspecified atom stereocenters. The Morgan fingerprint density at radius 1 is 1.30 bits per heavy atom. The molecule has 3 rings (SSSR count). The Hall–Kier alpha value is -2.61. The second-order valence-electron chi connectivity index (χ2n) is 4.93. The third-order valence-corrected chi connectivity index (χ3v) is 3.19. The number of hydrogen-bond donors (Lipinski definition) is 0. The van der Waals surface area contributed by atoms with E-state index in [1.165, 1.54) is 0 Å². The van der Waals surface area contributed by atoms with Gasteiger partial charge in [-0.15, -0.1) is 10.2 Å². The van der Waals surface area contributed by atoms with Crippen LogP contribution in [0.25, 0.3) is 22.5 Å². The Morgan fingerprint density at radius 2 is 2.10 bits per heavy atom. The van der Waals surface area contributed by atoms with Crippen LogP contribution in [-0.4, -0.2) is 14.8 Å². The first-order valence-corrected chi connectivity index (χ1v) is 6.49. The van der Waals surface area contributed by atoms with E-state index in [1.807, 2.05) is 48.7 Å². The third-order valence-electron chi connectivity index (χ3n) is 3.19. The Bertz CT molecular complexity index is 792. The van der Waals surface area contributed by atoms with E-state index in [4.69, 9.17) is 9.68 Å². The van der Waals surface area contributed by atoms with Crippen molar-refractivity contribution in [1.82, 2.24) is 14.8 Å². The number of nitrogens with zero attached hydrogens (tertiary/aromatic N) is 4. The van der Waals surface area contributed by atoms with Crippen molar-refractivity contribution in [3.8, 4) is 17.7 Å². The van der Waals surface area contributed by atoms with Gasteiger partial charge in [-0.3, -0.25) is 0 Å². The molecule has 0 aliphatic heterocycles. The lowest BCUT2D eigenvalue weighted by molar-refractivity contribution is 0.478. The van der Waals surface area contributed by atoms with Crippen LogP contribution in [0.1, 0.15) is 25.7 Å². The van der Waals surface area contributed by atoms with E-state index in [9.17, 15) is 0 Å². The van der Waals surface area contributed by atoms with Crippen molar-refractivity contribution in [3.05, 3.63) is 36.2 Å². The summed E-state index contributed by atoms with van der Waals surface area (Å²) >= 11 is 0. The molecule has 0 saturated heterocycles. The van der Waals surface area contributed by atoms with Gasteiger partial charge in [0.2, 0.25) is 5.89 Å². The van der Waals surface area contributed by atoms with Crippen LogP contribution < -0.4 is 0 Å². The van der Waals surface area contributed by atoms with Crippen LogP contribution in [0.3, 0.4) is 0 Å². The van der Waals surface area contributed by atoms with Gasteiger partial charge in [-0.2, -0.15) is 5.26 Å². The summed E-state index contributed by atoms with van der Waals surface area (Å²) in [6.07, 6.45) is 0. The van der Waals surface area contributed by atoms with E-state index in [2.05, 4.69) is 16.3 Å². The zero-order valence-electron chi connectivity index (χ0n) is 11.4. The molecule has 0 aliphatic carbocycles. The molecule has 5 heteroatoms. The van der Waals surface area contributed by atoms with Gasteiger partial charge in [-0.05, 0) is 12.1 Å². The van der Waals surface area contributed by atoms with Crippen LogP contribution in [0.5, 0.6) is 0 Å². The summed E-state index contributed by atoms with van der Waals surface area (Å²) in [7, 11) is 0. The third kappa shape index (κ3) is 1.95. The maximum Gasteiger partial charge on any atom is 0.264 e. The normalized spacial score (nSPS) is 11.1. The molecule has 2 heterocycles. The SMILES string of the molecule is CC(C)c1nnc(-c2cc3ccccc3n2CC#N)o1. The molecule has 5 nitrogen and oxygen atoms in total. The fraction of sp³-hybridized carbons (Fsp3) is 0.267. The van der Waals surface area contributed by atoms with Crippen LogP contribution in [0.15, 0.2) is 34.7 Å². The highest BCUT2D eigenvalue weighted by atomic mass is 16.4. The van der Waals surface area contributed by atoms with Gasteiger partial charge >= 0.3 is 0 Å². The molecule has 0 fully saturated rings. The first kappa shape index (κ1) is 12.4. The van der Waals surface area contributed by atoms with Crippen LogP contribution in [0.2, 0.25) is 0 Å². The van der Waals surface area contributed by atoms with E-state index in [-0.39, 0.29) is 12.5 Å². The minimum atomic E-state index is 0.185. The number of para-hydroxylation sites is 1. The van der Waals surface area contributed by atoms with Gasteiger partial charge in [0, 0.05) is 16.8 Å². The molecule has 0 aliphatic rings. The summed E-state index contributed by atoms with van der Waals surface area (Å²) in [5.74, 6) is 1.25. The van der Waals surface area contributed by atoms with E-state index in [1.54, 1.807) is 0 Å². The average Bonchev–Trinajstić information content (AvgIpc) is 3.04. The lowest BCUT2D eigenvalue weighted by Crippen LogP contribution is -1.97. The summed E-state index contributed by atoms with van der Waals surface area (Å²) in [5.41, 5.74) is 1.78. The van der Waals surface area contributed by atoms with E-state index < -0.39 is 0 Å². The summed E-state index contributed by atoms with van der Waals surface area (Å²) in [5, 5.41) is 18.2. The van der Waals surface area contributed by atoms with Gasteiger partial charge < -0.3 is 8.98 Å². The molecule has 2 aromatic heterocycles. The number of fused-ring (bicyclic) bond motifs is 1. The van der Waals surface area contributed by atoms with E-state index >= 15 is 0 Å². The van der Waals surface area contributed by atoms with E-state index in [0.717, 1.165) is 16.6 Å². The Morgan fingerprint density at radius 3 is 2.80 bits per heavy atom. The quantitative estimate of drug-likeness (QED) is 0.729. The molecule has 0 amide bonds. The lowest BCUT2D eigenvalue weighted by Gasteiger charge is -2.02. The second-order valence-corrected chi connectivity index (χ2v) is 4.93. The van der Waals surface area contributed by atoms with Crippen LogP contribution >= 0.6 is 0 Å². The smallest absolute Gasteiger partial charge is 0.264 e. The molecule has 1 aromatic carbocycles. The van der Waals surface area contributed by atoms with Crippen LogP contribution in [-0.2, 0) is 6.54 Å². The van der Waals surface area contributed by atoms with Crippen molar-refractivity contribution < 1.29 is 4.42 Å². The molecule has 0 atom stereocenters. The maximum atomic E-state index is 9.02. The predicted molar refractivity (Wildman–Crippen MR) is 74.9 cm³/mol. The average molecular weight is 266 g/mol. The fourth-order valence-electron chi connectivity index (χ4n) is 2.20. The predicted octanol–water partition coefficient (Wildman–Crippen LogP) is 3.34. The summed E-state index contributed by atoms with van der Waals surface area (Å²) < 4.78 is 7.59. The highest BCUT2D eigenvalue weighted by molar-refractivity contribution is 5.85. The summed E-state index contributed by atoms with van der Waals surface area (Å²) in [6, 6.07) is 12.1. The highest BCUT2D eigenvalue weighted by Crippen LogP contribution is 2.28. The number of benzene rings is 1. The van der Waals surface area contributed by atoms with Crippen molar-refractivity contribution in [2.24, 2.45) is 0 Å². The molecular weight excluding hydrogens is 252 g/mol. The van der Waals surface area contributed by atoms with Gasteiger partial charge in [0.15, 0.2) is 0 Å². The van der Waals surface area contributed by atoms with E-state index in [0.29, 0.717) is 11.8 Å². The number of rotatable bonds is 3. The highest BCUT2D eigenvalue weighted by Gasteiger charge is 2.17. The maximum absolute atomic E-state index is 9.02. The van der Waals surface area contributed by atoms with Crippen LogP contribution in [0, 0.1) is 11.3 Å². The standard InChI is InChI=1S/C15H14N4O/c1-10(2)14-17-18-15(20-14)13-9-11-5-3-4-6-12(11)19(13)8-7-16/h3-6,9-10H,8H2,1-2H3. The first-order valence-electron chi connectivity index (χ1n) is 6.49. The Labute approximate surface area is 116 Å². The molecule has 0 saturated carbocycles. The molecule has 0 spiro atoms. The molecule has 20 heavy (non-hydrogen) atoms. The van der Waals surface area contributed by atoms with Crippen LogP contribution in [0.4, 0.5) is 0 Å². The zero-order chi connectivity index (χ0) is 14.1. The molecule has 0 radical (unpaired) electrons. The topological polar surface area (TPSA) is 67.6 Å². The number of aromatic nitrogens is 3. The van der Waals surface area contributed by atoms with Crippen molar-refractivity contribution in [2.45, 2.75) is 26.3 Å². The molecule has 0 bridgehead atoms. The molecule has 3 aromatic rings. The Kier molecular flexibility index (Phi) is 2.99. The van der Waals surface area contributed by atoms with Gasteiger partial charge in [0.05, 0.1) is 6.07 Å². The molecule has 100 valence electrons. The van der Waals surface area contributed by atoms with Crippen molar-refractivity contribution in [3.63, 3.8) is 0 Å². The van der Waals surface area contributed by atoms with Crippen molar-refractivity contribution in [2.75, 3.05) is 0 Å². The zero-order valence-corrected chi connectivity index (χ0v) is 11.4. The van der Waals surface area contributed by atoms with Gasteiger partial charge in [0.1, 0.15) is 12.2 Å². The van der Waals surface area contributed by atoms with Crippen molar-refractivity contribution in [1.29, 1.82) is 5.26 Å². The Balaban J connectivity index is 2.19. The first-order chi connectivity index (χ1) is 9.70. The molecular formula is C15H14N4O. The minimum absolute atomic E-state index is 0.185.